The Morgan fingerprint density at radius 3 is 2.58 bits per heavy atom. The van der Waals surface area contributed by atoms with Gasteiger partial charge in [-0.15, -0.1) is 0 Å². The molecule has 0 saturated carbocycles. The summed E-state index contributed by atoms with van der Waals surface area (Å²) in [6.07, 6.45) is 0. The third-order valence-corrected chi connectivity index (χ3v) is 3.14. The van der Waals surface area contributed by atoms with Crippen LogP contribution in [0.5, 0.6) is 0 Å². The third kappa shape index (κ3) is 2.33. The molecule has 0 fully saturated rings. The Bertz CT molecular complexity index is 789. The van der Waals surface area contributed by atoms with Crippen molar-refractivity contribution in [2.24, 2.45) is 0 Å². The Morgan fingerprint density at radius 2 is 1.79 bits per heavy atom. The molecule has 0 aliphatic rings. The molecule has 0 amide bonds. The maximum absolute atomic E-state index is 5.85. The van der Waals surface area contributed by atoms with Crippen LogP contribution in [0.2, 0.25) is 5.02 Å². The molecule has 2 nitrogen and oxygen atoms in total. The number of benzene rings is 2. The van der Waals surface area contributed by atoms with Crippen molar-refractivity contribution in [3.05, 3.63) is 64.9 Å². The summed E-state index contributed by atoms with van der Waals surface area (Å²) in [4.78, 5) is 4.48. The third-order valence-electron chi connectivity index (χ3n) is 2.88. The van der Waals surface area contributed by atoms with E-state index in [1.165, 1.54) is 0 Å². The molecular formula is C16H11ClN2. The Morgan fingerprint density at radius 1 is 1.05 bits per heavy atom. The molecule has 19 heavy (non-hydrogen) atoms. The van der Waals surface area contributed by atoms with Crippen molar-refractivity contribution >= 4 is 22.6 Å². The van der Waals surface area contributed by atoms with E-state index in [1.54, 1.807) is 0 Å². The minimum atomic E-state index is 0.717. The highest BCUT2D eigenvalue weighted by Gasteiger charge is 2.03. The Hall–Kier alpha value is -2.24. The van der Waals surface area contributed by atoms with Gasteiger partial charge in [0.2, 0.25) is 0 Å². The number of aromatic nitrogens is 2. The van der Waals surface area contributed by atoms with Crippen LogP contribution in [-0.4, -0.2) is 9.55 Å². The predicted molar refractivity (Wildman–Crippen MR) is 78.2 cm³/mol. The molecule has 0 aliphatic heterocycles. The minimum Gasteiger partial charge on any atom is -0.254 e. The maximum Gasteiger partial charge on any atom is 0.118 e. The summed E-state index contributed by atoms with van der Waals surface area (Å²) < 4.78 is 1.91. The molecule has 1 heterocycles. The highest BCUT2D eigenvalue weighted by molar-refractivity contribution is 6.30. The van der Waals surface area contributed by atoms with Crippen molar-refractivity contribution in [3.63, 3.8) is 0 Å². The first kappa shape index (κ1) is 11.8. The second-order valence-corrected chi connectivity index (χ2v) is 4.66. The molecule has 0 saturated heterocycles. The summed E-state index contributed by atoms with van der Waals surface area (Å²) >= 11 is 5.85. The second kappa shape index (κ2) is 4.79. The summed E-state index contributed by atoms with van der Waals surface area (Å²) in [5.41, 5.74) is 2.92. The number of para-hydroxylation sites is 2. The molecule has 0 spiro atoms. The van der Waals surface area contributed by atoms with Crippen molar-refractivity contribution in [2.45, 2.75) is 6.92 Å². The first-order chi connectivity index (χ1) is 9.24. The standard InChI is InChI=1S/C16H11ClN2/c1-12-18-15-4-2-3-5-16(15)19(12)11-10-13-6-8-14(17)9-7-13/h2-9H,1H3. The van der Waals surface area contributed by atoms with Crippen molar-refractivity contribution < 1.29 is 0 Å². The highest BCUT2D eigenvalue weighted by Crippen LogP contribution is 2.14. The summed E-state index contributed by atoms with van der Waals surface area (Å²) in [6, 6.07) is 18.6. The number of hydrogen-bond acceptors (Lipinski definition) is 1. The quantitative estimate of drug-likeness (QED) is 0.565. The first-order valence-electron chi connectivity index (χ1n) is 5.96. The lowest BCUT2D eigenvalue weighted by Gasteiger charge is -1.95. The van der Waals surface area contributed by atoms with Crippen molar-refractivity contribution in [3.8, 4) is 12.0 Å². The molecule has 0 aliphatic carbocycles. The molecule has 3 aromatic rings. The average Bonchev–Trinajstić information content (AvgIpc) is 2.74. The summed E-state index contributed by atoms with van der Waals surface area (Å²) in [5.74, 6) is 4.01. The van der Waals surface area contributed by atoms with Gasteiger partial charge in [-0.3, -0.25) is 4.57 Å². The first-order valence-corrected chi connectivity index (χ1v) is 6.33. The Balaban J connectivity index is 2.07. The molecule has 0 atom stereocenters. The van der Waals surface area contributed by atoms with Crippen molar-refractivity contribution in [1.82, 2.24) is 9.55 Å². The summed E-state index contributed by atoms with van der Waals surface area (Å²) in [5, 5.41) is 0.717. The number of nitrogens with zero attached hydrogens (tertiary/aromatic N) is 2. The molecule has 0 N–H and O–H groups in total. The lowest BCUT2D eigenvalue weighted by atomic mass is 10.2. The van der Waals surface area contributed by atoms with E-state index >= 15 is 0 Å². The van der Waals surface area contributed by atoms with Crippen molar-refractivity contribution in [1.29, 1.82) is 0 Å². The van der Waals surface area contributed by atoms with Gasteiger partial charge in [-0.05, 0) is 49.2 Å². The largest absolute Gasteiger partial charge is 0.254 e. The van der Waals surface area contributed by atoms with E-state index in [2.05, 4.69) is 16.9 Å². The zero-order chi connectivity index (χ0) is 13.2. The van der Waals surface area contributed by atoms with Crippen LogP contribution in [0.3, 0.4) is 0 Å². The second-order valence-electron chi connectivity index (χ2n) is 4.23. The highest BCUT2D eigenvalue weighted by atomic mass is 35.5. The zero-order valence-corrected chi connectivity index (χ0v) is 11.1. The Kier molecular flexibility index (Phi) is 2.98. The van der Waals surface area contributed by atoms with Gasteiger partial charge in [-0.25, -0.2) is 4.98 Å². The number of aryl methyl sites for hydroxylation is 1. The number of rotatable bonds is 0. The van der Waals surface area contributed by atoms with E-state index in [-0.39, 0.29) is 0 Å². The van der Waals surface area contributed by atoms with E-state index in [0.717, 1.165) is 27.4 Å². The van der Waals surface area contributed by atoms with E-state index in [9.17, 15) is 0 Å². The number of hydrogen-bond donors (Lipinski definition) is 0. The van der Waals surface area contributed by atoms with Crippen molar-refractivity contribution in [2.75, 3.05) is 0 Å². The molecule has 0 radical (unpaired) electrons. The van der Waals surface area contributed by atoms with Gasteiger partial charge in [0, 0.05) is 16.6 Å². The normalized spacial score (nSPS) is 10.2. The lowest BCUT2D eigenvalue weighted by Crippen LogP contribution is -1.91. The smallest absolute Gasteiger partial charge is 0.118 e. The fourth-order valence-corrected chi connectivity index (χ4v) is 2.07. The average molecular weight is 267 g/mol. The molecule has 0 bridgehead atoms. The van der Waals surface area contributed by atoms with Gasteiger partial charge >= 0.3 is 0 Å². The van der Waals surface area contributed by atoms with E-state index in [1.807, 2.05) is 60.0 Å². The Labute approximate surface area is 116 Å². The molecule has 0 unspecified atom stereocenters. The van der Waals surface area contributed by atoms with Gasteiger partial charge in [0.1, 0.15) is 5.82 Å². The number of halogens is 1. The van der Waals surface area contributed by atoms with E-state index < -0.39 is 0 Å². The SMILES string of the molecule is Cc1nc2ccccc2n1C#Cc1ccc(Cl)cc1. The molecular weight excluding hydrogens is 256 g/mol. The van der Waals surface area contributed by atoms with Gasteiger partial charge in [0.15, 0.2) is 0 Å². The minimum absolute atomic E-state index is 0.717. The van der Waals surface area contributed by atoms with Gasteiger partial charge in [0.05, 0.1) is 11.0 Å². The predicted octanol–water partition coefficient (Wildman–Crippen LogP) is 3.86. The van der Waals surface area contributed by atoms with Crippen LogP contribution in [0.1, 0.15) is 11.4 Å². The number of fused-ring (bicyclic) bond motifs is 1. The fourth-order valence-electron chi connectivity index (χ4n) is 1.94. The molecule has 3 rings (SSSR count). The topological polar surface area (TPSA) is 17.8 Å². The van der Waals surface area contributed by atoms with Crippen LogP contribution in [0.15, 0.2) is 48.5 Å². The number of imidazole rings is 1. The summed E-state index contributed by atoms with van der Waals surface area (Å²) in [7, 11) is 0. The molecule has 2 aromatic carbocycles. The lowest BCUT2D eigenvalue weighted by molar-refractivity contribution is 1.04. The van der Waals surface area contributed by atoms with E-state index in [0.29, 0.717) is 0 Å². The van der Waals surface area contributed by atoms with Gasteiger partial charge in [-0.2, -0.15) is 0 Å². The van der Waals surface area contributed by atoms with Gasteiger partial charge < -0.3 is 0 Å². The molecule has 3 heteroatoms. The molecule has 92 valence electrons. The van der Waals surface area contributed by atoms with Crippen LogP contribution < -0.4 is 0 Å². The van der Waals surface area contributed by atoms with Gasteiger partial charge in [0.25, 0.3) is 0 Å². The van der Waals surface area contributed by atoms with Crippen LogP contribution in [0.25, 0.3) is 11.0 Å². The fraction of sp³-hybridized carbons (Fsp3) is 0.0625. The van der Waals surface area contributed by atoms with Crippen LogP contribution in [-0.2, 0) is 0 Å². The van der Waals surface area contributed by atoms with Crippen LogP contribution in [0.4, 0.5) is 0 Å². The van der Waals surface area contributed by atoms with Crippen LogP contribution >= 0.6 is 11.6 Å². The van der Waals surface area contributed by atoms with Gasteiger partial charge in [-0.1, -0.05) is 23.7 Å². The zero-order valence-electron chi connectivity index (χ0n) is 10.4. The molecule has 1 aromatic heterocycles. The van der Waals surface area contributed by atoms with E-state index in [4.69, 9.17) is 11.6 Å². The van der Waals surface area contributed by atoms with Crippen LogP contribution in [0, 0.1) is 18.9 Å². The monoisotopic (exact) mass is 266 g/mol. The maximum atomic E-state index is 5.85. The summed E-state index contributed by atoms with van der Waals surface area (Å²) in [6.45, 7) is 1.95.